The summed E-state index contributed by atoms with van der Waals surface area (Å²) in [7, 11) is 2.06. The zero-order valence-electron chi connectivity index (χ0n) is 22.5. The quantitative estimate of drug-likeness (QED) is 0.118. The number of alkyl halides is 3. The number of amides is 1. The lowest BCUT2D eigenvalue weighted by Crippen LogP contribution is -2.35. The molecular weight excluding hydrogens is 560 g/mol. The van der Waals surface area contributed by atoms with Gasteiger partial charge in [-0.1, -0.05) is 24.3 Å². The van der Waals surface area contributed by atoms with Gasteiger partial charge in [-0.3, -0.25) is 4.79 Å². The molecule has 0 aliphatic carbocycles. The van der Waals surface area contributed by atoms with E-state index >= 15 is 0 Å². The molecular formula is C30H28F4N2O6. The minimum atomic E-state index is -5.43. The molecule has 4 rings (SSSR count). The number of benzene rings is 3. The number of hydrogen-bond acceptors (Lipinski definition) is 7. The minimum Gasteiger partial charge on any atom is -0.505 e. The molecule has 1 aliphatic rings. The lowest BCUT2D eigenvalue weighted by Gasteiger charge is -2.29. The Morgan fingerprint density at radius 1 is 1.00 bits per heavy atom. The molecule has 0 radical (unpaired) electrons. The lowest BCUT2D eigenvalue weighted by molar-refractivity contribution is -0.192. The van der Waals surface area contributed by atoms with Crippen LogP contribution in [0.15, 0.2) is 66.7 Å². The van der Waals surface area contributed by atoms with Crippen LogP contribution in [-0.2, 0) is 20.9 Å². The van der Waals surface area contributed by atoms with Crippen molar-refractivity contribution in [2.75, 3.05) is 20.1 Å². The van der Waals surface area contributed by atoms with Crippen LogP contribution < -0.4 is 15.2 Å². The molecule has 1 aliphatic heterocycles. The lowest BCUT2D eigenvalue weighted by atomic mass is 9.95. The molecule has 0 bridgehead atoms. The fourth-order valence-electron chi connectivity index (χ4n) is 4.39. The minimum absolute atomic E-state index is 0.000934. The molecule has 42 heavy (non-hydrogen) atoms. The summed E-state index contributed by atoms with van der Waals surface area (Å²) in [6.07, 6.45) is -3.48. The molecule has 12 heteroatoms. The van der Waals surface area contributed by atoms with Gasteiger partial charge >= 0.3 is 12.1 Å². The molecule has 0 unspecified atom stereocenters. The van der Waals surface area contributed by atoms with Gasteiger partial charge in [0, 0.05) is 18.7 Å². The van der Waals surface area contributed by atoms with E-state index in [1.165, 1.54) is 12.1 Å². The first-order valence-corrected chi connectivity index (χ1v) is 12.9. The number of likely N-dealkylation sites (tertiary alicyclic amines) is 1. The maximum Gasteiger partial charge on any atom is 0.491 e. The summed E-state index contributed by atoms with van der Waals surface area (Å²) < 4.78 is 69.6. The molecule has 0 aromatic heterocycles. The van der Waals surface area contributed by atoms with Crippen LogP contribution in [0.5, 0.6) is 17.2 Å². The van der Waals surface area contributed by atoms with Crippen LogP contribution in [0, 0.1) is 5.82 Å². The van der Waals surface area contributed by atoms with E-state index < -0.39 is 46.5 Å². The SMILES string of the molecule is CN1CCC(Oc2ccc(OCc3ccccc3/C(C(N)=O)=C(\OC(=O)C(F)(F)F)c3ccc(F)c(O)c3)cc2)CC1. The maximum atomic E-state index is 13.7. The Kier molecular flexibility index (Phi) is 9.36. The average Bonchev–Trinajstić information content (AvgIpc) is 2.95. The van der Waals surface area contributed by atoms with E-state index in [1.54, 1.807) is 36.4 Å². The van der Waals surface area contributed by atoms with Gasteiger partial charge in [0.05, 0.1) is 5.57 Å². The number of nitrogens with zero attached hydrogens (tertiary/aromatic N) is 1. The Morgan fingerprint density at radius 2 is 1.64 bits per heavy atom. The van der Waals surface area contributed by atoms with E-state index in [0.29, 0.717) is 23.1 Å². The van der Waals surface area contributed by atoms with Crippen LogP contribution >= 0.6 is 0 Å². The van der Waals surface area contributed by atoms with Crippen LogP contribution in [0.3, 0.4) is 0 Å². The van der Waals surface area contributed by atoms with Crippen LogP contribution in [0.2, 0.25) is 0 Å². The number of rotatable bonds is 9. The number of ether oxygens (including phenoxy) is 3. The third-order valence-electron chi connectivity index (χ3n) is 6.58. The summed E-state index contributed by atoms with van der Waals surface area (Å²) in [4.78, 5) is 26.7. The second kappa shape index (κ2) is 12.9. The smallest absolute Gasteiger partial charge is 0.491 e. The topological polar surface area (TPSA) is 111 Å². The summed E-state index contributed by atoms with van der Waals surface area (Å²) >= 11 is 0. The molecule has 222 valence electrons. The first-order chi connectivity index (χ1) is 19.9. The molecule has 3 aromatic carbocycles. The summed E-state index contributed by atoms with van der Waals surface area (Å²) in [5, 5.41) is 9.81. The number of primary amides is 1. The van der Waals surface area contributed by atoms with Gasteiger partial charge in [0.25, 0.3) is 5.91 Å². The molecule has 0 saturated carbocycles. The average molecular weight is 589 g/mol. The molecule has 3 N–H and O–H groups in total. The van der Waals surface area contributed by atoms with Crippen LogP contribution in [0.4, 0.5) is 17.6 Å². The van der Waals surface area contributed by atoms with Crippen molar-refractivity contribution in [3.63, 3.8) is 0 Å². The van der Waals surface area contributed by atoms with Gasteiger partial charge in [-0.15, -0.1) is 0 Å². The van der Waals surface area contributed by atoms with E-state index in [1.807, 2.05) is 0 Å². The first-order valence-electron chi connectivity index (χ1n) is 12.9. The van der Waals surface area contributed by atoms with Gasteiger partial charge < -0.3 is 30.0 Å². The van der Waals surface area contributed by atoms with E-state index in [-0.39, 0.29) is 18.3 Å². The highest BCUT2D eigenvalue weighted by Crippen LogP contribution is 2.34. The highest BCUT2D eigenvalue weighted by Gasteiger charge is 2.42. The molecule has 1 heterocycles. The fraction of sp³-hybridized carbons (Fsp3) is 0.267. The molecule has 3 aromatic rings. The van der Waals surface area contributed by atoms with Crippen molar-refractivity contribution in [2.45, 2.75) is 31.7 Å². The monoisotopic (exact) mass is 588 g/mol. The predicted octanol–water partition coefficient (Wildman–Crippen LogP) is 5.04. The Bertz CT molecular complexity index is 1470. The van der Waals surface area contributed by atoms with Gasteiger partial charge in [-0.05, 0) is 73.5 Å². The maximum absolute atomic E-state index is 13.7. The number of aromatic hydroxyl groups is 1. The van der Waals surface area contributed by atoms with E-state index in [2.05, 4.69) is 16.7 Å². The third-order valence-corrected chi connectivity index (χ3v) is 6.58. The van der Waals surface area contributed by atoms with Gasteiger partial charge in [0.15, 0.2) is 17.3 Å². The van der Waals surface area contributed by atoms with E-state index in [9.17, 15) is 32.3 Å². The predicted molar refractivity (Wildman–Crippen MR) is 145 cm³/mol. The van der Waals surface area contributed by atoms with Crippen molar-refractivity contribution in [1.29, 1.82) is 0 Å². The number of carbonyl (C=O) groups excluding carboxylic acids is 2. The second-order valence-corrected chi connectivity index (χ2v) is 9.66. The van der Waals surface area contributed by atoms with E-state index in [0.717, 1.165) is 38.1 Å². The van der Waals surface area contributed by atoms with Crippen molar-refractivity contribution in [2.24, 2.45) is 5.73 Å². The van der Waals surface area contributed by atoms with Crippen LogP contribution in [0.1, 0.15) is 29.5 Å². The molecule has 1 fully saturated rings. The summed E-state index contributed by atoms with van der Waals surface area (Å²) in [5.41, 5.74) is 4.88. The highest BCUT2D eigenvalue weighted by molar-refractivity contribution is 6.26. The Morgan fingerprint density at radius 3 is 2.26 bits per heavy atom. The zero-order valence-corrected chi connectivity index (χ0v) is 22.5. The molecule has 1 amide bonds. The van der Waals surface area contributed by atoms with Crippen molar-refractivity contribution < 1.29 is 46.5 Å². The standard InChI is InChI=1S/C30H28F4N2O6/c1-36-14-12-22(13-15-36)41-21-9-7-20(8-10-21)40-17-19-4-2-3-5-23(19)26(28(35)38)27(42-29(39)30(32,33)34)18-6-11-24(31)25(37)16-18/h2-11,16,22,37H,12-15,17H2,1H3,(H2,35,38)/b27-26+. The number of phenols is 1. The van der Waals surface area contributed by atoms with Crippen LogP contribution in [0.25, 0.3) is 11.3 Å². The summed E-state index contributed by atoms with van der Waals surface area (Å²) in [6, 6.07) is 15.3. The summed E-state index contributed by atoms with van der Waals surface area (Å²) in [5.74, 6) is -5.72. The summed E-state index contributed by atoms with van der Waals surface area (Å²) in [6.45, 7) is 1.75. The van der Waals surface area contributed by atoms with Crippen LogP contribution in [-0.4, -0.2) is 54.3 Å². The Balaban J connectivity index is 1.63. The van der Waals surface area contributed by atoms with Crippen molar-refractivity contribution >= 4 is 23.2 Å². The molecule has 8 nitrogen and oxygen atoms in total. The number of carbonyl (C=O) groups is 2. The van der Waals surface area contributed by atoms with Crippen molar-refractivity contribution in [3.05, 3.63) is 89.2 Å². The molecule has 0 spiro atoms. The number of phenolic OH excluding ortho intramolecular Hbond substituents is 1. The fourth-order valence-corrected chi connectivity index (χ4v) is 4.39. The number of halogens is 4. The Hall–Kier alpha value is -4.58. The third kappa shape index (κ3) is 7.58. The Labute approximate surface area is 238 Å². The first kappa shape index (κ1) is 30.4. The second-order valence-electron chi connectivity index (χ2n) is 9.66. The number of hydrogen-bond donors (Lipinski definition) is 2. The van der Waals surface area contributed by atoms with Gasteiger partial charge in [0.1, 0.15) is 24.2 Å². The number of piperidine rings is 1. The van der Waals surface area contributed by atoms with Gasteiger partial charge in [-0.25, -0.2) is 9.18 Å². The highest BCUT2D eigenvalue weighted by atomic mass is 19.4. The zero-order chi connectivity index (χ0) is 30.4. The molecule has 0 atom stereocenters. The number of nitrogens with two attached hydrogens (primary N) is 1. The largest absolute Gasteiger partial charge is 0.505 e. The number of esters is 1. The normalized spacial score (nSPS) is 15.1. The van der Waals surface area contributed by atoms with E-state index in [4.69, 9.17) is 15.2 Å². The van der Waals surface area contributed by atoms with Gasteiger partial charge in [-0.2, -0.15) is 13.2 Å². The van der Waals surface area contributed by atoms with Gasteiger partial charge in [0.2, 0.25) is 0 Å². The van der Waals surface area contributed by atoms with Crippen molar-refractivity contribution in [1.82, 2.24) is 4.90 Å². The van der Waals surface area contributed by atoms with Crippen molar-refractivity contribution in [3.8, 4) is 17.2 Å². The molecule has 1 saturated heterocycles.